The molecule has 4 rings (SSSR count). The number of pyridine rings is 1. The van der Waals surface area contributed by atoms with Gasteiger partial charge in [-0.1, -0.05) is 35.3 Å². The van der Waals surface area contributed by atoms with Gasteiger partial charge in [-0.15, -0.1) is 0 Å². The zero-order valence-corrected chi connectivity index (χ0v) is 21.2. The largest absolute Gasteiger partial charge is 0.497 e. The molecule has 3 aromatic rings. The highest BCUT2D eigenvalue weighted by molar-refractivity contribution is 8.04. The molecule has 2 aromatic carbocycles. The average molecular weight is 526 g/mol. The number of ether oxygens (including phenoxy) is 1. The van der Waals surface area contributed by atoms with Crippen molar-refractivity contribution in [2.75, 3.05) is 17.3 Å². The van der Waals surface area contributed by atoms with Crippen molar-refractivity contribution in [2.24, 2.45) is 0 Å². The minimum atomic E-state index is -0.604. The van der Waals surface area contributed by atoms with Crippen molar-refractivity contribution in [2.45, 2.75) is 18.9 Å². The molecule has 176 valence electrons. The second-order valence-corrected chi connectivity index (χ2v) is 9.44. The van der Waals surface area contributed by atoms with E-state index in [9.17, 15) is 14.9 Å². The summed E-state index contributed by atoms with van der Waals surface area (Å²) in [7, 11) is 1.53. The van der Waals surface area contributed by atoms with Crippen LogP contribution in [0.15, 0.2) is 64.2 Å². The summed E-state index contributed by atoms with van der Waals surface area (Å²) in [6.07, 6.45) is 0. The van der Waals surface area contributed by atoms with Gasteiger partial charge in [0.05, 0.1) is 22.8 Å². The number of hydrogen-bond donors (Lipinski definition) is 1. The zero-order valence-electron chi connectivity index (χ0n) is 18.9. The molecule has 2 amide bonds. The van der Waals surface area contributed by atoms with Gasteiger partial charge in [-0.2, -0.15) is 5.26 Å². The number of aromatic nitrogens is 1. The quantitative estimate of drug-likeness (QED) is 0.439. The normalized spacial score (nSPS) is 13.3. The van der Waals surface area contributed by atoms with E-state index < -0.39 is 11.8 Å². The number of carbonyl (C=O) groups excluding carboxylic acids is 2. The van der Waals surface area contributed by atoms with Gasteiger partial charge >= 0.3 is 0 Å². The van der Waals surface area contributed by atoms with Crippen LogP contribution in [0.25, 0.3) is 0 Å². The van der Waals surface area contributed by atoms with E-state index in [1.54, 1.807) is 42.5 Å². The standard InChI is InChI=1S/C25H18Cl2N4O3S/c1-13-10-14(2)29-23(17(13)12-28)35-22-21(30-15-6-4-7-16(11-15)34-3)24(32)31(25(22)33)19-9-5-8-18(26)20(19)27/h4-11,30H,1-3H3/p+1. The summed E-state index contributed by atoms with van der Waals surface area (Å²) in [4.78, 5) is 31.5. The summed E-state index contributed by atoms with van der Waals surface area (Å²) in [5.41, 5.74) is 2.69. The number of methoxy groups -OCH3 is 1. The van der Waals surface area contributed by atoms with Crippen LogP contribution in [0.1, 0.15) is 16.8 Å². The highest BCUT2D eigenvalue weighted by Gasteiger charge is 2.42. The molecule has 1 aliphatic heterocycles. The predicted octanol–water partition coefficient (Wildman–Crippen LogP) is 5.29. The number of H-pyrrole nitrogens is 1. The first kappa shape index (κ1) is 24.6. The Bertz CT molecular complexity index is 1450. The van der Waals surface area contributed by atoms with E-state index in [2.05, 4.69) is 16.4 Å². The summed E-state index contributed by atoms with van der Waals surface area (Å²) >= 11 is 13.5. The molecule has 10 heteroatoms. The van der Waals surface area contributed by atoms with Crippen LogP contribution in [0.4, 0.5) is 11.4 Å². The second-order valence-electron chi connectivity index (χ2n) is 7.63. The van der Waals surface area contributed by atoms with Crippen LogP contribution < -0.4 is 19.9 Å². The Morgan fingerprint density at radius 3 is 2.54 bits per heavy atom. The molecule has 35 heavy (non-hydrogen) atoms. The molecule has 0 unspecified atom stereocenters. The van der Waals surface area contributed by atoms with Crippen LogP contribution in [-0.2, 0) is 9.59 Å². The fourth-order valence-corrected chi connectivity index (χ4v) is 5.14. The fraction of sp³-hybridized carbons (Fsp3) is 0.120. The minimum absolute atomic E-state index is 0.0424. The second kappa shape index (κ2) is 10.0. The Kier molecular flexibility index (Phi) is 7.03. The first-order valence-electron chi connectivity index (χ1n) is 10.3. The number of thioether (sulfide) groups is 1. The molecule has 0 atom stereocenters. The van der Waals surface area contributed by atoms with Gasteiger partial charge in [0.15, 0.2) is 5.69 Å². The van der Waals surface area contributed by atoms with Crippen molar-refractivity contribution in [1.29, 1.82) is 5.26 Å². The first-order chi connectivity index (χ1) is 16.7. The molecular weight excluding hydrogens is 507 g/mol. The lowest BCUT2D eigenvalue weighted by Crippen LogP contribution is -2.32. The summed E-state index contributed by atoms with van der Waals surface area (Å²) in [6.45, 7) is 3.66. The number of nitrogens with one attached hydrogen (secondary N) is 2. The molecule has 2 N–H and O–H groups in total. The maximum absolute atomic E-state index is 13.6. The third-order valence-corrected chi connectivity index (χ3v) is 7.14. The van der Waals surface area contributed by atoms with Crippen LogP contribution in [0.5, 0.6) is 5.75 Å². The number of imide groups is 1. The Hall–Kier alpha value is -3.51. The summed E-state index contributed by atoms with van der Waals surface area (Å²) in [5.74, 6) is -0.621. The number of hydrogen-bond acceptors (Lipinski definition) is 6. The first-order valence-corrected chi connectivity index (χ1v) is 11.9. The number of rotatable bonds is 6. The number of anilines is 2. The molecule has 0 spiro atoms. The van der Waals surface area contributed by atoms with Crippen molar-refractivity contribution in [3.8, 4) is 11.8 Å². The number of nitrogens with zero attached hydrogens (tertiary/aromatic N) is 2. The number of benzene rings is 2. The number of nitriles is 1. The van der Waals surface area contributed by atoms with E-state index in [0.29, 0.717) is 22.0 Å². The molecule has 2 heterocycles. The van der Waals surface area contributed by atoms with E-state index in [0.717, 1.165) is 27.9 Å². The third-order valence-electron chi connectivity index (χ3n) is 5.23. The van der Waals surface area contributed by atoms with Gasteiger partial charge in [0.2, 0.25) is 0 Å². The van der Waals surface area contributed by atoms with E-state index in [4.69, 9.17) is 27.9 Å². The van der Waals surface area contributed by atoms with Crippen molar-refractivity contribution < 1.29 is 19.3 Å². The van der Waals surface area contributed by atoms with E-state index in [1.165, 1.54) is 7.11 Å². The molecule has 0 fully saturated rings. The Morgan fingerprint density at radius 2 is 1.83 bits per heavy atom. The summed E-state index contributed by atoms with van der Waals surface area (Å²) < 4.78 is 5.27. The number of halogens is 2. The van der Waals surface area contributed by atoms with Crippen molar-refractivity contribution in [3.63, 3.8) is 0 Å². The highest BCUT2D eigenvalue weighted by Crippen LogP contribution is 2.41. The smallest absolute Gasteiger partial charge is 0.283 e. The number of aromatic amines is 1. The molecule has 0 radical (unpaired) electrons. The summed E-state index contributed by atoms with van der Waals surface area (Å²) in [6, 6.07) is 15.7. The number of aryl methyl sites for hydroxylation is 2. The highest BCUT2D eigenvalue weighted by atomic mass is 35.5. The van der Waals surface area contributed by atoms with Gasteiger partial charge in [0, 0.05) is 24.7 Å². The molecule has 0 saturated carbocycles. The van der Waals surface area contributed by atoms with Crippen molar-refractivity contribution in [1.82, 2.24) is 0 Å². The number of amides is 2. The van der Waals surface area contributed by atoms with Crippen LogP contribution in [-0.4, -0.2) is 18.9 Å². The molecule has 7 nitrogen and oxygen atoms in total. The lowest BCUT2D eigenvalue weighted by Gasteiger charge is -2.17. The van der Waals surface area contributed by atoms with Gasteiger partial charge in [-0.05, 0) is 48.5 Å². The van der Waals surface area contributed by atoms with Gasteiger partial charge < -0.3 is 10.1 Å². The van der Waals surface area contributed by atoms with Gasteiger partial charge in [0.1, 0.15) is 28.0 Å². The summed E-state index contributed by atoms with van der Waals surface area (Å²) in [5, 5.41) is 13.5. The van der Waals surface area contributed by atoms with Crippen LogP contribution in [0, 0.1) is 25.2 Å². The lowest BCUT2D eigenvalue weighted by atomic mass is 10.1. The van der Waals surface area contributed by atoms with Gasteiger partial charge in [0.25, 0.3) is 16.8 Å². The molecule has 1 aliphatic rings. The third kappa shape index (κ3) is 4.71. The van der Waals surface area contributed by atoms with Crippen molar-refractivity contribution in [3.05, 3.63) is 86.0 Å². The minimum Gasteiger partial charge on any atom is -0.497 e. The van der Waals surface area contributed by atoms with E-state index in [1.807, 2.05) is 19.9 Å². The number of carbonyl (C=O) groups is 2. The fourth-order valence-electron chi connectivity index (χ4n) is 3.61. The van der Waals surface area contributed by atoms with Gasteiger partial charge in [-0.25, -0.2) is 9.88 Å². The van der Waals surface area contributed by atoms with Crippen LogP contribution in [0.3, 0.4) is 0 Å². The lowest BCUT2D eigenvalue weighted by molar-refractivity contribution is -0.435. The molecule has 1 aromatic heterocycles. The van der Waals surface area contributed by atoms with Crippen LogP contribution >= 0.6 is 35.0 Å². The van der Waals surface area contributed by atoms with Crippen molar-refractivity contribution >= 4 is 58.2 Å². The SMILES string of the molecule is COc1cccc(NC2=C(Sc3[nH+]c(C)cc(C)c3C#N)C(=O)N(c3cccc(Cl)c3Cl)C2=O)c1. The zero-order chi connectivity index (χ0) is 25.3. The topological polar surface area (TPSA) is 96.6 Å². The van der Waals surface area contributed by atoms with E-state index >= 15 is 0 Å². The Balaban J connectivity index is 1.85. The maximum atomic E-state index is 13.6. The van der Waals surface area contributed by atoms with Gasteiger partial charge in [-0.3, -0.25) is 9.59 Å². The monoisotopic (exact) mass is 525 g/mol. The molecule has 0 aliphatic carbocycles. The Morgan fingerprint density at radius 1 is 1.09 bits per heavy atom. The maximum Gasteiger partial charge on any atom is 0.283 e. The Labute approximate surface area is 216 Å². The molecule has 0 bridgehead atoms. The molecular formula is C25H19Cl2N4O3S+. The van der Waals surface area contributed by atoms with Crippen LogP contribution in [0.2, 0.25) is 10.0 Å². The van der Waals surface area contributed by atoms with E-state index in [-0.39, 0.29) is 26.3 Å². The average Bonchev–Trinajstić information content (AvgIpc) is 3.05. The predicted molar refractivity (Wildman–Crippen MR) is 136 cm³/mol. The molecule has 0 saturated heterocycles.